The predicted octanol–water partition coefficient (Wildman–Crippen LogP) is 2.44. The van der Waals surface area contributed by atoms with Crippen molar-refractivity contribution in [1.29, 1.82) is 0 Å². The van der Waals surface area contributed by atoms with E-state index in [1.165, 1.54) is 44.9 Å². The van der Waals surface area contributed by atoms with Gasteiger partial charge in [0.2, 0.25) is 0 Å². The molecule has 1 spiro atoms. The number of nitrogens with one attached hydrogen (secondary N) is 1. The van der Waals surface area contributed by atoms with Crippen molar-refractivity contribution in [2.75, 3.05) is 6.61 Å². The van der Waals surface area contributed by atoms with E-state index in [0.29, 0.717) is 23.6 Å². The number of nitrogens with zero attached hydrogens (tertiary/aromatic N) is 3. The van der Waals surface area contributed by atoms with Gasteiger partial charge in [0.1, 0.15) is 12.2 Å². The summed E-state index contributed by atoms with van der Waals surface area (Å²) < 4.78 is 8.09. The molecule has 21 heavy (non-hydrogen) atoms. The number of ether oxygens (including phenoxy) is 1. The average molecular weight is 290 g/mol. The van der Waals surface area contributed by atoms with Crippen LogP contribution in [0.3, 0.4) is 0 Å². The smallest absolute Gasteiger partial charge is 0.143 e. The Kier molecular flexibility index (Phi) is 3.50. The zero-order valence-corrected chi connectivity index (χ0v) is 12.9. The summed E-state index contributed by atoms with van der Waals surface area (Å²) in [4.78, 5) is 4.48. The van der Waals surface area contributed by atoms with Gasteiger partial charge in [-0.2, -0.15) is 5.10 Å². The Morgan fingerprint density at radius 1 is 1.38 bits per heavy atom. The molecule has 5 heteroatoms. The molecule has 1 aromatic heterocycles. The van der Waals surface area contributed by atoms with Crippen molar-refractivity contribution in [3.8, 4) is 0 Å². The molecule has 5 nitrogen and oxygen atoms in total. The molecule has 1 aromatic rings. The molecule has 2 saturated carbocycles. The maximum absolute atomic E-state index is 6.02. The molecule has 0 radical (unpaired) electrons. The standard InChI is InChI=1S/C16H26N4O/c1-2-21-14-10-13(16(14)7-3-4-8-16)19-12-6-5-9-20-15(12)17-11-18-20/h11-14,19H,2-10H2,1H3/t12-,13-,14-/m1/s1. The van der Waals surface area contributed by atoms with Crippen molar-refractivity contribution in [3.63, 3.8) is 0 Å². The Morgan fingerprint density at radius 2 is 2.24 bits per heavy atom. The summed E-state index contributed by atoms with van der Waals surface area (Å²) in [5.41, 5.74) is 0.401. The molecule has 2 aliphatic carbocycles. The van der Waals surface area contributed by atoms with Gasteiger partial charge in [-0.05, 0) is 39.0 Å². The van der Waals surface area contributed by atoms with Crippen LogP contribution in [-0.2, 0) is 11.3 Å². The molecule has 3 atom stereocenters. The van der Waals surface area contributed by atoms with Crippen LogP contribution in [0.1, 0.15) is 63.7 Å². The minimum Gasteiger partial charge on any atom is -0.378 e. The Morgan fingerprint density at radius 3 is 3.05 bits per heavy atom. The van der Waals surface area contributed by atoms with Crippen molar-refractivity contribution < 1.29 is 4.74 Å². The van der Waals surface area contributed by atoms with Crippen molar-refractivity contribution in [1.82, 2.24) is 20.1 Å². The second-order valence-corrected chi connectivity index (χ2v) is 6.88. The number of fused-ring (bicyclic) bond motifs is 1. The topological polar surface area (TPSA) is 52.0 Å². The van der Waals surface area contributed by atoms with Crippen LogP contribution in [0, 0.1) is 5.41 Å². The molecule has 3 aliphatic rings. The molecule has 0 amide bonds. The van der Waals surface area contributed by atoms with Gasteiger partial charge in [0.25, 0.3) is 0 Å². The lowest BCUT2D eigenvalue weighted by Gasteiger charge is -2.55. The molecular weight excluding hydrogens is 264 g/mol. The van der Waals surface area contributed by atoms with Crippen molar-refractivity contribution >= 4 is 0 Å². The molecule has 0 saturated heterocycles. The van der Waals surface area contributed by atoms with Crippen LogP contribution in [0.2, 0.25) is 0 Å². The first-order valence-electron chi connectivity index (χ1n) is 8.59. The summed E-state index contributed by atoms with van der Waals surface area (Å²) in [5.74, 6) is 1.13. The molecule has 0 bridgehead atoms. The summed E-state index contributed by atoms with van der Waals surface area (Å²) in [6.45, 7) is 3.98. The van der Waals surface area contributed by atoms with Crippen molar-refractivity contribution in [2.24, 2.45) is 5.41 Å². The molecule has 0 unspecified atom stereocenters. The van der Waals surface area contributed by atoms with Crippen LogP contribution in [0.15, 0.2) is 6.33 Å². The summed E-state index contributed by atoms with van der Waals surface area (Å²) >= 11 is 0. The summed E-state index contributed by atoms with van der Waals surface area (Å²) in [6, 6.07) is 0.983. The Bertz CT molecular complexity index is 494. The van der Waals surface area contributed by atoms with E-state index in [1.807, 2.05) is 0 Å². The molecular formula is C16H26N4O. The summed E-state index contributed by atoms with van der Waals surface area (Å²) in [7, 11) is 0. The van der Waals surface area contributed by atoms with Gasteiger partial charge < -0.3 is 10.1 Å². The summed E-state index contributed by atoms with van der Waals surface area (Å²) in [6.07, 6.45) is 11.1. The van der Waals surface area contributed by atoms with Gasteiger partial charge in [0, 0.05) is 24.6 Å². The maximum atomic E-state index is 6.02. The number of hydrogen-bond acceptors (Lipinski definition) is 4. The summed E-state index contributed by atoms with van der Waals surface area (Å²) in [5, 5.41) is 8.25. The minimum atomic E-state index is 0.381. The average Bonchev–Trinajstić information content (AvgIpc) is 3.16. The molecule has 1 N–H and O–H groups in total. The second kappa shape index (κ2) is 5.36. The van der Waals surface area contributed by atoms with Crippen molar-refractivity contribution in [3.05, 3.63) is 12.2 Å². The zero-order chi connectivity index (χ0) is 14.3. The molecule has 4 rings (SSSR count). The lowest BCUT2D eigenvalue weighted by molar-refractivity contribution is -0.133. The van der Waals surface area contributed by atoms with Crippen LogP contribution in [0.25, 0.3) is 0 Å². The number of aromatic nitrogens is 3. The molecule has 2 fully saturated rings. The van der Waals surface area contributed by atoms with Gasteiger partial charge in [0.05, 0.1) is 12.1 Å². The van der Waals surface area contributed by atoms with Crippen LogP contribution >= 0.6 is 0 Å². The fraction of sp³-hybridized carbons (Fsp3) is 0.875. The lowest BCUT2D eigenvalue weighted by Crippen LogP contribution is -2.63. The van der Waals surface area contributed by atoms with Crippen molar-refractivity contribution in [2.45, 2.75) is 76.6 Å². The monoisotopic (exact) mass is 290 g/mol. The quantitative estimate of drug-likeness (QED) is 0.925. The van der Waals surface area contributed by atoms with Gasteiger partial charge in [0.15, 0.2) is 0 Å². The van der Waals surface area contributed by atoms with Crippen LogP contribution in [0.4, 0.5) is 0 Å². The van der Waals surface area contributed by atoms with E-state index >= 15 is 0 Å². The van der Waals surface area contributed by atoms with Gasteiger partial charge in [-0.3, -0.25) is 0 Å². The molecule has 0 aromatic carbocycles. The highest BCUT2D eigenvalue weighted by atomic mass is 16.5. The maximum Gasteiger partial charge on any atom is 0.143 e. The minimum absolute atomic E-state index is 0.381. The van der Waals surface area contributed by atoms with Crippen LogP contribution in [0.5, 0.6) is 0 Å². The normalized spacial score (nSPS) is 33.9. The SMILES string of the molecule is CCO[C@@H]1C[C@@H](N[C@@H]2CCCn3ncnc32)C12CCCC2. The third-order valence-electron chi connectivity index (χ3n) is 5.91. The second-order valence-electron chi connectivity index (χ2n) is 6.88. The first kappa shape index (κ1) is 13.7. The largest absolute Gasteiger partial charge is 0.378 e. The fourth-order valence-corrected chi connectivity index (χ4v) is 4.81. The van der Waals surface area contributed by atoms with E-state index in [1.54, 1.807) is 6.33 Å². The van der Waals surface area contributed by atoms with Crippen LogP contribution < -0.4 is 5.32 Å². The Balaban J connectivity index is 1.49. The fourth-order valence-electron chi connectivity index (χ4n) is 4.81. The first-order chi connectivity index (χ1) is 10.3. The zero-order valence-electron chi connectivity index (χ0n) is 12.9. The lowest BCUT2D eigenvalue weighted by atomic mass is 9.60. The predicted molar refractivity (Wildman–Crippen MR) is 79.9 cm³/mol. The van der Waals surface area contributed by atoms with E-state index in [0.717, 1.165) is 19.0 Å². The highest BCUT2D eigenvalue weighted by Crippen LogP contribution is 2.55. The first-order valence-corrected chi connectivity index (χ1v) is 8.59. The Hall–Kier alpha value is -0.940. The highest BCUT2D eigenvalue weighted by Gasteiger charge is 2.57. The van der Waals surface area contributed by atoms with Crippen LogP contribution in [-0.4, -0.2) is 33.5 Å². The number of hydrogen-bond donors (Lipinski definition) is 1. The van der Waals surface area contributed by atoms with E-state index in [4.69, 9.17) is 4.74 Å². The van der Waals surface area contributed by atoms with Gasteiger partial charge >= 0.3 is 0 Å². The number of rotatable bonds is 4. The van der Waals surface area contributed by atoms with Gasteiger partial charge in [-0.1, -0.05) is 12.8 Å². The molecule has 2 heterocycles. The van der Waals surface area contributed by atoms with E-state index in [9.17, 15) is 0 Å². The third-order valence-corrected chi connectivity index (χ3v) is 5.91. The van der Waals surface area contributed by atoms with Gasteiger partial charge in [-0.15, -0.1) is 0 Å². The highest BCUT2D eigenvalue weighted by molar-refractivity contribution is 5.12. The Labute approximate surface area is 126 Å². The van der Waals surface area contributed by atoms with E-state index in [2.05, 4.69) is 27.0 Å². The number of aryl methyl sites for hydroxylation is 1. The third kappa shape index (κ3) is 2.13. The molecule has 116 valence electrons. The van der Waals surface area contributed by atoms with E-state index < -0.39 is 0 Å². The van der Waals surface area contributed by atoms with E-state index in [-0.39, 0.29) is 0 Å². The molecule has 1 aliphatic heterocycles. The van der Waals surface area contributed by atoms with Gasteiger partial charge in [-0.25, -0.2) is 9.67 Å².